The van der Waals surface area contributed by atoms with Gasteiger partial charge in [0.15, 0.2) is 18.2 Å². The number of benzene rings is 1. The van der Waals surface area contributed by atoms with Crippen LogP contribution in [0.1, 0.15) is 51.4 Å². The fourth-order valence-electron chi connectivity index (χ4n) is 3.31. The van der Waals surface area contributed by atoms with Gasteiger partial charge in [0.2, 0.25) is 0 Å². The third kappa shape index (κ3) is 5.22. The quantitative estimate of drug-likeness (QED) is 0.484. The van der Waals surface area contributed by atoms with Crippen LogP contribution >= 0.6 is 22.9 Å². The van der Waals surface area contributed by atoms with Crippen LogP contribution < -0.4 is 5.32 Å². The normalized spacial score (nSPS) is 15.2. The van der Waals surface area contributed by atoms with Crippen molar-refractivity contribution in [1.82, 2.24) is 0 Å². The number of anilines is 1. The molecule has 0 spiro atoms. The SMILES string of the molecule is CCOC(=O)c1c(NC(=O)COC(=O)c2cc(F)c(F)cc2Cl)sc2c1CCC(C)C2. The maximum Gasteiger partial charge on any atom is 0.341 e. The van der Waals surface area contributed by atoms with Gasteiger partial charge in [-0.25, -0.2) is 18.4 Å². The molecule has 0 aliphatic heterocycles. The Morgan fingerprint density at radius 2 is 1.90 bits per heavy atom. The number of nitrogens with one attached hydrogen (secondary N) is 1. The van der Waals surface area contributed by atoms with Crippen LogP contribution in [-0.2, 0) is 27.1 Å². The highest BCUT2D eigenvalue weighted by molar-refractivity contribution is 7.17. The van der Waals surface area contributed by atoms with E-state index in [1.165, 1.54) is 11.3 Å². The van der Waals surface area contributed by atoms with E-state index in [1.54, 1.807) is 6.92 Å². The van der Waals surface area contributed by atoms with Gasteiger partial charge in [-0.1, -0.05) is 18.5 Å². The van der Waals surface area contributed by atoms with Crippen molar-refractivity contribution < 1.29 is 32.6 Å². The Hall–Kier alpha value is -2.52. The summed E-state index contributed by atoms with van der Waals surface area (Å²) in [6, 6.07) is 1.25. The number of ether oxygens (including phenoxy) is 2. The van der Waals surface area contributed by atoms with E-state index in [4.69, 9.17) is 21.1 Å². The van der Waals surface area contributed by atoms with E-state index in [-0.39, 0.29) is 11.6 Å². The van der Waals surface area contributed by atoms with Crippen LogP contribution in [0.25, 0.3) is 0 Å². The van der Waals surface area contributed by atoms with Crippen LogP contribution in [0.2, 0.25) is 5.02 Å². The van der Waals surface area contributed by atoms with Crippen molar-refractivity contribution >= 4 is 45.8 Å². The number of carbonyl (C=O) groups excluding carboxylic acids is 3. The third-order valence-corrected chi connectivity index (χ3v) is 6.29. The summed E-state index contributed by atoms with van der Waals surface area (Å²) in [5.41, 5.74) is 0.806. The van der Waals surface area contributed by atoms with Gasteiger partial charge in [0.25, 0.3) is 5.91 Å². The highest BCUT2D eigenvalue weighted by Gasteiger charge is 2.29. The molecule has 1 aromatic heterocycles. The molecule has 0 fully saturated rings. The molecular weight excluding hydrogens is 452 g/mol. The summed E-state index contributed by atoms with van der Waals surface area (Å²) in [5.74, 6) is -4.30. The summed E-state index contributed by atoms with van der Waals surface area (Å²) in [6.45, 7) is 3.31. The molecular formula is C21H20ClF2NO5S. The Labute approximate surface area is 186 Å². The lowest BCUT2D eigenvalue weighted by Gasteiger charge is -2.18. The standard InChI is InChI=1S/C21H20ClF2NO5S/c1-3-29-21(28)18-11-5-4-10(2)6-16(11)31-19(18)25-17(26)9-30-20(27)12-7-14(23)15(24)8-13(12)22/h7-8,10H,3-6,9H2,1-2H3,(H,25,26). The minimum absolute atomic E-state index is 0.194. The van der Waals surface area contributed by atoms with E-state index in [0.29, 0.717) is 35.0 Å². The van der Waals surface area contributed by atoms with E-state index in [2.05, 4.69) is 12.2 Å². The van der Waals surface area contributed by atoms with E-state index in [9.17, 15) is 23.2 Å². The maximum absolute atomic E-state index is 13.4. The molecule has 10 heteroatoms. The molecule has 1 aromatic carbocycles. The Morgan fingerprint density at radius 3 is 2.61 bits per heavy atom. The first kappa shape index (κ1) is 23.1. The van der Waals surface area contributed by atoms with Gasteiger partial charge in [-0.05, 0) is 49.8 Å². The smallest absolute Gasteiger partial charge is 0.341 e. The number of halogens is 3. The minimum atomic E-state index is -1.27. The van der Waals surface area contributed by atoms with Crippen LogP contribution in [0.4, 0.5) is 13.8 Å². The average Bonchev–Trinajstić information content (AvgIpc) is 3.05. The van der Waals surface area contributed by atoms with Crippen molar-refractivity contribution in [1.29, 1.82) is 0 Å². The molecule has 0 bridgehead atoms. The van der Waals surface area contributed by atoms with Gasteiger partial charge < -0.3 is 14.8 Å². The number of amides is 1. The lowest BCUT2D eigenvalue weighted by molar-refractivity contribution is -0.119. The summed E-state index contributed by atoms with van der Waals surface area (Å²) in [7, 11) is 0. The molecule has 1 atom stereocenters. The second kappa shape index (κ2) is 9.74. The number of thiophene rings is 1. The van der Waals surface area contributed by atoms with E-state index >= 15 is 0 Å². The zero-order valence-corrected chi connectivity index (χ0v) is 18.4. The van der Waals surface area contributed by atoms with E-state index < -0.39 is 41.7 Å². The number of hydrogen-bond acceptors (Lipinski definition) is 6. The van der Waals surface area contributed by atoms with Gasteiger partial charge in [-0.3, -0.25) is 4.79 Å². The Morgan fingerprint density at radius 1 is 1.19 bits per heavy atom. The molecule has 1 amide bonds. The van der Waals surface area contributed by atoms with Crippen molar-refractivity contribution in [3.8, 4) is 0 Å². The first-order valence-electron chi connectivity index (χ1n) is 9.64. The van der Waals surface area contributed by atoms with Gasteiger partial charge in [-0.15, -0.1) is 11.3 Å². The first-order chi connectivity index (χ1) is 14.7. The molecule has 166 valence electrons. The molecule has 1 unspecified atom stereocenters. The van der Waals surface area contributed by atoms with Crippen LogP contribution in [0.5, 0.6) is 0 Å². The summed E-state index contributed by atoms with van der Waals surface area (Å²) >= 11 is 7.04. The topological polar surface area (TPSA) is 81.7 Å². The van der Waals surface area contributed by atoms with Crippen LogP contribution in [0, 0.1) is 17.6 Å². The summed E-state index contributed by atoms with van der Waals surface area (Å²) in [5, 5.41) is 2.60. The van der Waals surface area contributed by atoms with Gasteiger partial charge >= 0.3 is 11.9 Å². The van der Waals surface area contributed by atoms with Crippen molar-refractivity contribution in [3.05, 3.63) is 50.4 Å². The first-order valence-corrected chi connectivity index (χ1v) is 10.8. The fraction of sp³-hybridized carbons (Fsp3) is 0.381. The number of rotatable bonds is 6. The Balaban J connectivity index is 1.72. The molecule has 3 rings (SSSR count). The predicted molar refractivity (Wildman–Crippen MR) is 112 cm³/mol. The zero-order chi connectivity index (χ0) is 22.7. The average molecular weight is 472 g/mol. The second-order valence-electron chi connectivity index (χ2n) is 7.15. The zero-order valence-electron chi connectivity index (χ0n) is 16.9. The van der Waals surface area contributed by atoms with Gasteiger partial charge in [-0.2, -0.15) is 0 Å². The highest BCUT2D eigenvalue weighted by Crippen LogP contribution is 2.40. The van der Waals surface area contributed by atoms with Gasteiger partial charge in [0, 0.05) is 4.88 Å². The van der Waals surface area contributed by atoms with Crippen LogP contribution in [0.3, 0.4) is 0 Å². The Bertz CT molecular complexity index is 1040. The van der Waals surface area contributed by atoms with E-state index in [0.717, 1.165) is 23.3 Å². The number of fused-ring (bicyclic) bond motifs is 1. The van der Waals surface area contributed by atoms with Crippen LogP contribution in [0.15, 0.2) is 12.1 Å². The number of carbonyl (C=O) groups is 3. The fourth-order valence-corrected chi connectivity index (χ4v) is 4.95. The van der Waals surface area contributed by atoms with Crippen LogP contribution in [-0.4, -0.2) is 31.1 Å². The molecule has 1 N–H and O–H groups in total. The largest absolute Gasteiger partial charge is 0.462 e. The van der Waals surface area contributed by atoms with Crippen molar-refractivity contribution in [2.24, 2.45) is 5.92 Å². The number of hydrogen-bond donors (Lipinski definition) is 1. The van der Waals surface area contributed by atoms with E-state index in [1.807, 2.05) is 0 Å². The third-order valence-electron chi connectivity index (χ3n) is 4.81. The lowest BCUT2D eigenvalue weighted by atomic mass is 9.88. The summed E-state index contributed by atoms with van der Waals surface area (Å²) in [4.78, 5) is 38.0. The molecule has 31 heavy (non-hydrogen) atoms. The summed E-state index contributed by atoms with van der Waals surface area (Å²) < 4.78 is 36.5. The van der Waals surface area contributed by atoms with Crippen molar-refractivity contribution in [2.75, 3.05) is 18.5 Å². The van der Waals surface area contributed by atoms with Crippen molar-refractivity contribution in [3.63, 3.8) is 0 Å². The minimum Gasteiger partial charge on any atom is -0.462 e. The number of esters is 2. The van der Waals surface area contributed by atoms with Crippen molar-refractivity contribution in [2.45, 2.75) is 33.1 Å². The molecule has 1 aliphatic carbocycles. The monoisotopic (exact) mass is 471 g/mol. The highest BCUT2D eigenvalue weighted by atomic mass is 35.5. The molecule has 2 aromatic rings. The molecule has 6 nitrogen and oxygen atoms in total. The molecule has 0 saturated heterocycles. The van der Waals surface area contributed by atoms with Gasteiger partial charge in [0.1, 0.15) is 5.00 Å². The predicted octanol–water partition coefficient (Wildman–Crippen LogP) is 4.78. The maximum atomic E-state index is 13.4. The molecule has 1 aliphatic rings. The second-order valence-corrected chi connectivity index (χ2v) is 8.66. The Kier molecular flexibility index (Phi) is 7.27. The molecule has 0 radical (unpaired) electrons. The molecule has 0 saturated carbocycles. The lowest BCUT2D eigenvalue weighted by Crippen LogP contribution is -2.22. The molecule has 1 heterocycles. The van der Waals surface area contributed by atoms with Gasteiger partial charge in [0.05, 0.1) is 22.8 Å². The summed E-state index contributed by atoms with van der Waals surface area (Å²) in [6.07, 6.45) is 2.43.